The molecule has 0 saturated carbocycles. The lowest BCUT2D eigenvalue weighted by molar-refractivity contribution is 0.0698. The van der Waals surface area contributed by atoms with Gasteiger partial charge in [-0.1, -0.05) is 23.2 Å². The van der Waals surface area contributed by atoms with Gasteiger partial charge in [0.25, 0.3) is 10.2 Å². The SMILES string of the molecule is COCCNS(=O)(=O)Nc1c(Cl)ccc(Cl)c1C(=O)O. The maximum absolute atomic E-state index is 11.7. The summed E-state index contributed by atoms with van der Waals surface area (Å²) in [7, 11) is -2.57. The lowest BCUT2D eigenvalue weighted by Crippen LogP contribution is -2.33. The highest BCUT2D eigenvalue weighted by Crippen LogP contribution is 2.32. The number of carboxylic acids is 1. The monoisotopic (exact) mass is 342 g/mol. The van der Waals surface area contributed by atoms with E-state index in [1.807, 2.05) is 4.72 Å². The van der Waals surface area contributed by atoms with E-state index in [9.17, 15) is 13.2 Å². The van der Waals surface area contributed by atoms with Crippen molar-refractivity contribution in [1.82, 2.24) is 4.72 Å². The lowest BCUT2D eigenvalue weighted by atomic mass is 10.2. The molecule has 1 aromatic rings. The van der Waals surface area contributed by atoms with E-state index in [4.69, 9.17) is 33.0 Å². The van der Waals surface area contributed by atoms with Gasteiger partial charge in [-0.15, -0.1) is 0 Å². The van der Waals surface area contributed by atoms with Crippen LogP contribution in [0.5, 0.6) is 0 Å². The Morgan fingerprint density at radius 3 is 2.50 bits per heavy atom. The molecule has 0 aliphatic carbocycles. The molecular weight excluding hydrogens is 331 g/mol. The van der Waals surface area contributed by atoms with Gasteiger partial charge in [-0.2, -0.15) is 13.1 Å². The average molecular weight is 343 g/mol. The largest absolute Gasteiger partial charge is 0.478 e. The second kappa shape index (κ2) is 7.09. The van der Waals surface area contributed by atoms with Crippen molar-refractivity contribution in [3.8, 4) is 0 Å². The van der Waals surface area contributed by atoms with E-state index >= 15 is 0 Å². The Labute approximate surface area is 126 Å². The number of hydrogen-bond acceptors (Lipinski definition) is 4. The second-order valence-electron chi connectivity index (χ2n) is 3.58. The predicted octanol–water partition coefficient (Wildman–Crippen LogP) is 1.58. The minimum Gasteiger partial charge on any atom is -0.478 e. The van der Waals surface area contributed by atoms with Gasteiger partial charge in [-0.05, 0) is 12.1 Å². The van der Waals surface area contributed by atoms with E-state index in [2.05, 4.69) is 4.72 Å². The van der Waals surface area contributed by atoms with Crippen LogP contribution in [0.2, 0.25) is 10.0 Å². The van der Waals surface area contributed by atoms with Gasteiger partial charge in [0, 0.05) is 13.7 Å². The van der Waals surface area contributed by atoms with Crippen molar-refractivity contribution in [1.29, 1.82) is 0 Å². The molecule has 0 saturated heterocycles. The number of hydrogen-bond donors (Lipinski definition) is 3. The normalized spacial score (nSPS) is 11.3. The molecule has 0 radical (unpaired) electrons. The highest BCUT2D eigenvalue weighted by atomic mass is 35.5. The third kappa shape index (κ3) is 4.50. The molecule has 0 atom stereocenters. The van der Waals surface area contributed by atoms with Crippen molar-refractivity contribution >= 4 is 45.1 Å². The molecule has 0 bridgehead atoms. The van der Waals surface area contributed by atoms with Crippen LogP contribution in [-0.4, -0.2) is 39.8 Å². The Kier molecular flexibility index (Phi) is 6.03. The van der Waals surface area contributed by atoms with Crippen LogP contribution in [0.4, 0.5) is 5.69 Å². The van der Waals surface area contributed by atoms with Crippen molar-refractivity contribution < 1.29 is 23.1 Å². The first-order chi connectivity index (χ1) is 9.28. The Hall–Kier alpha value is -1.06. The van der Waals surface area contributed by atoms with Gasteiger partial charge in [0.1, 0.15) is 5.56 Å². The molecule has 0 aromatic heterocycles. The van der Waals surface area contributed by atoms with Crippen LogP contribution in [0.25, 0.3) is 0 Å². The molecule has 0 amide bonds. The molecule has 0 heterocycles. The van der Waals surface area contributed by atoms with Gasteiger partial charge in [0.2, 0.25) is 0 Å². The van der Waals surface area contributed by atoms with E-state index < -0.39 is 21.7 Å². The zero-order valence-corrected chi connectivity index (χ0v) is 12.6. The van der Waals surface area contributed by atoms with Crippen molar-refractivity contribution in [2.24, 2.45) is 0 Å². The smallest absolute Gasteiger partial charge is 0.339 e. The molecule has 112 valence electrons. The minimum atomic E-state index is -3.99. The van der Waals surface area contributed by atoms with Crippen molar-refractivity contribution in [3.05, 3.63) is 27.7 Å². The fourth-order valence-corrected chi connectivity index (χ4v) is 2.71. The van der Waals surface area contributed by atoms with Crippen molar-refractivity contribution in [2.75, 3.05) is 25.0 Å². The van der Waals surface area contributed by atoms with Gasteiger partial charge >= 0.3 is 5.97 Å². The first-order valence-corrected chi connectivity index (χ1v) is 7.50. The molecule has 10 heteroatoms. The van der Waals surface area contributed by atoms with Crippen LogP contribution in [0.3, 0.4) is 0 Å². The van der Waals surface area contributed by atoms with E-state index in [0.29, 0.717) is 0 Å². The summed E-state index contributed by atoms with van der Waals surface area (Å²) >= 11 is 11.5. The summed E-state index contributed by atoms with van der Waals surface area (Å²) < 4.78 is 32.4. The molecular formula is C10H12Cl2N2O5S. The van der Waals surface area contributed by atoms with Gasteiger partial charge in [-0.3, -0.25) is 4.72 Å². The number of rotatable bonds is 7. The fourth-order valence-electron chi connectivity index (χ4n) is 1.31. The summed E-state index contributed by atoms with van der Waals surface area (Å²) in [6, 6.07) is 2.56. The summed E-state index contributed by atoms with van der Waals surface area (Å²) in [6.45, 7) is 0.183. The number of benzene rings is 1. The zero-order valence-electron chi connectivity index (χ0n) is 10.3. The summed E-state index contributed by atoms with van der Waals surface area (Å²) in [5.74, 6) is -1.40. The predicted molar refractivity (Wildman–Crippen MR) is 75.8 cm³/mol. The molecule has 7 nitrogen and oxygen atoms in total. The lowest BCUT2D eigenvalue weighted by Gasteiger charge is -2.13. The molecule has 0 fully saturated rings. The molecule has 0 aliphatic heterocycles. The van der Waals surface area contributed by atoms with Crippen molar-refractivity contribution in [3.63, 3.8) is 0 Å². The maximum atomic E-state index is 11.7. The Balaban J connectivity index is 3.08. The molecule has 0 aliphatic rings. The Bertz CT molecular complexity index is 606. The number of aromatic carboxylic acids is 1. The standard InChI is InChI=1S/C10H12Cl2N2O5S/c1-19-5-4-13-20(17,18)14-9-7(12)3-2-6(11)8(9)10(15)16/h2-3,13-14H,4-5H2,1H3,(H,15,16). The van der Waals surface area contributed by atoms with Crippen LogP contribution in [0, 0.1) is 0 Å². The number of ether oxygens (including phenoxy) is 1. The van der Waals surface area contributed by atoms with Crippen molar-refractivity contribution in [2.45, 2.75) is 0 Å². The molecule has 0 spiro atoms. The van der Waals surface area contributed by atoms with Gasteiger partial charge in [0.15, 0.2) is 0 Å². The molecule has 0 unspecified atom stereocenters. The minimum absolute atomic E-state index is 0.0203. The molecule has 20 heavy (non-hydrogen) atoms. The van der Waals surface area contributed by atoms with E-state index in [1.54, 1.807) is 0 Å². The third-order valence-electron chi connectivity index (χ3n) is 2.15. The number of nitrogens with one attached hydrogen (secondary N) is 2. The summed E-state index contributed by atoms with van der Waals surface area (Å²) in [6.07, 6.45) is 0. The Morgan fingerprint density at radius 1 is 1.35 bits per heavy atom. The van der Waals surface area contributed by atoms with E-state index in [1.165, 1.54) is 19.2 Å². The first-order valence-electron chi connectivity index (χ1n) is 5.26. The van der Waals surface area contributed by atoms with E-state index in [0.717, 1.165) is 0 Å². The number of halogens is 2. The molecule has 1 rings (SSSR count). The second-order valence-corrected chi connectivity index (χ2v) is 5.89. The van der Waals surface area contributed by atoms with Crippen LogP contribution in [0.15, 0.2) is 12.1 Å². The molecule has 1 aromatic carbocycles. The number of anilines is 1. The first kappa shape index (κ1) is 17.0. The van der Waals surface area contributed by atoms with E-state index in [-0.39, 0.29) is 28.9 Å². The quantitative estimate of drug-likeness (QED) is 0.652. The number of methoxy groups -OCH3 is 1. The van der Waals surface area contributed by atoms with Gasteiger partial charge < -0.3 is 9.84 Å². The average Bonchev–Trinajstić information content (AvgIpc) is 2.33. The summed E-state index contributed by atoms with van der Waals surface area (Å²) in [4.78, 5) is 11.1. The van der Waals surface area contributed by atoms with Gasteiger partial charge in [-0.25, -0.2) is 4.79 Å². The fraction of sp³-hybridized carbons (Fsp3) is 0.300. The summed E-state index contributed by atoms with van der Waals surface area (Å²) in [5, 5.41) is 8.86. The van der Waals surface area contributed by atoms with Crippen LogP contribution in [0.1, 0.15) is 10.4 Å². The number of carbonyl (C=O) groups is 1. The topological polar surface area (TPSA) is 105 Å². The third-order valence-corrected chi connectivity index (χ3v) is 3.84. The molecule has 3 N–H and O–H groups in total. The summed E-state index contributed by atoms with van der Waals surface area (Å²) in [5.41, 5.74) is -0.715. The van der Waals surface area contributed by atoms with Crippen LogP contribution >= 0.6 is 23.2 Å². The Morgan fingerprint density at radius 2 is 1.95 bits per heavy atom. The highest BCUT2D eigenvalue weighted by Gasteiger charge is 2.21. The van der Waals surface area contributed by atoms with Crippen LogP contribution in [-0.2, 0) is 14.9 Å². The number of carboxylic acid groups (broad SMARTS) is 1. The maximum Gasteiger partial charge on any atom is 0.339 e. The highest BCUT2D eigenvalue weighted by molar-refractivity contribution is 7.90. The zero-order chi connectivity index (χ0) is 15.3. The van der Waals surface area contributed by atoms with Crippen LogP contribution < -0.4 is 9.44 Å². The van der Waals surface area contributed by atoms with Gasteiger partial charge in [0.05, 0.1) is 22.3 Å².